The number of rotatable bonds is 2. The van der Waals surface area contributed by atoms with Gasteiger partial charge in [-0.15, -0.1) is 0 Å². The van der Waals surface area contributed by atoms with Gasteiger partial charge in [0, 0.05) is 25.1 Å². The Morgan fingerprint density at radius 3 is 2.42 bits per heavy atom. The van der Waals surface area contributed by atoms with Crippen molar-refractivity contribution < 1.29 is 14.3 Å². The smallest absolute Gasteiger partial charge is 0.339 e. The van der Waals surface area contributed by atoms with Crippen LogP contribution in [0, 0.1) is 0 Å². The minimum Gasteiger partial charge on any atom is -0.454 e. The molecule has 0 saturated carbocycles. The van der Waals surface area contributed by atoms with Gasteiger partial charge in [-0.25, -0.2) is 4.79 Å². The van der Waals surface area contributed by atoms with Crippen molar-refractivity contribution in [1.82, 2.24) is 4.90 Å². The molecule has 134 valence electrons. The number of carbonyl (C=O) groups excluding carboxylic acids is 2. The summed E-state index contributed by atoms with van der Waals surface area (Å²) in [5.41, 5.74) is 3.13. The normalized spacial score (nSPS) is 20.1. The van der Waals surface area contributed by atoms with Crippen LogP contribution in [0.25, 0.3) is 0 Å². The van der Waals surface area contributed by atoms with E-state index in [9.17, 15) is 9.59 Å². The lowest BCUT2D eigenvalue weighted by Crippen LogP contribution is -2.32. The van der Waals surface area contributed by atoms with Gasteiger partial charge in [0.15, 0.2) is 0 Å². The summed E-state index contributed by atoms with van der Waals surface area (Å²) < 4.78 is 5.60. The molecule has 0 N–H and O–H groups in total. The molecule has 0 aromatic heterocycles. The molecule has 0 spiro atoms. The topological polar surface area (TPSA) is 46.6 Å². The Bertz CT molecular complexity index is 807. The summed E-state index contributed by atoms with van der Waals surface area (Å²) >= 11 is 0. The summed E-state index contributed by atoms with van der Waals surface area (Å²) in [5.74, 6) is -0.237. The largest absolute Gasteiger partial charge is 0.454 e. The van der Waals surface area contributed by atoms with Crippen LogP contribution in [-0.4, -0.2) is 29.9 Å². The van der Waals surface area contributed by atoms with Crippen LogP contribution in [0.4, 0.5) is 0 Å². The van der Waals surface area contributed by atoms with Gasteiger partial charge in [0.05, 0.1) is 5.56 Å². The highest BCUT2D eigenvalue weighted by Crippen LogP contribution is 2.31. The van der Waals surface area contributed by atoms with Gasteiger partial charge in [-0.3, -0.25) is 4.79 Å². The van der Waals surface area contributed by atoms with Crippen LogP contribution in [0.15, 0.2) is 48.5 Å². The third-order valence-electron chi connectivity index (χ3n) is 5.29. The number of fused-ring (bicyclic) bond motifs is 1. The summed E-state index contributed by atoms with van der Waals surface area (Å²) in [4.78, 5) is 27.2. The predicted molar refractivity (Wildman–Crippen MR) is 99.1 cm³/mol. The van der Waals surface area contributed by atoms with E-state index < -0.39 is 0 Å². The fourth-order valence-electron chi connectivity index (χ4n) is 3.84. The molecule has 1 amide bonds. The first kappa shape index (κ1) is 16.8. The second-order valence-corrected chi connectivity index (χ2v) is 7.09. The van der Waals surface area contributed by atoms with Gasteiger partial charge in [0.1, 0.15) is 6.10 Å². The van der Waals surface area contributed by atoms with Crippen LogP contribution in [0.3, 0.4) is 0 Å². The van der Waals surface area contributed by atoms with Gasteiger partial charge in [0.25, 0.3) is 5.91 Å². The Hall–Kier alpha value is -2.62. The molecule has 1 atom stereocenters. The number of benzene rings is 2. The highest BCUT2D eigenvalue weighted by atomic mass is 16.5. The molecule has 0 radical (unpaired) electrons. The van der Waals surface area contributed by atoms with E-state index in [1.807, 2.05) is 41.3 Å². The summed E-state index contributed by atoms with van der Waals surface area (Å²) in [5, 5.41) is 0. The molecule has 2 heterocycles. The molecule has 2 aromatic carbocycles. The monoisotopic (exact) mass is 349 g/mol. The van der Waals surface area contributed by atoms with Crippen molar-refractivity contribution in [3.8, 4) is 0 Å². The number of hydrogen-bond donors (Lipinski definition) is 0. The van der Waals surface area contributed by atoms with E-state index in [0.717, 1.165) is 37.1 Å². The SMILES string of the molecule is O=C1O[C@H](c2ccccc2)Cc2cc(C(=O)N3CCCCCC3)ccc21. The van der Waals surface area contributed by atoms with Gasteiger partial charge < -0.3 is 9.64 Å². The molecule has 26 heavy (non-hydrogen) atoms. The van der Waals surface area contributed by atoms with E-state index in [4.69, 9.17) is 4.74 Å². The Morgan fingerprint density at radius 2 is 1.69 bits per heavy atom. The summed E-state index contributed by atoms with van der Waals surface area (Å²) in [6.45, 7) is 1.65. The molecule has 2 aliphatic heterocycles. The van der Waals surface area contributed by atoms with Crippen molar-refractivity contribution in [3.05, 3.63) is 70.8 Å². The van der Waals surface area contributed by atoms with Gasteiger partial charge in [-0.05, 0) is 42.2 Å². The van der Waals surface area contributed by atoms with E-state index in [0.29, 0.717) is 17.5 Å². The number of likely N-dealkylation sites (tertiary alicyclic amines) is 1. The van der Waals surface area contributed by atoms with E-state index in [-0.39, 0.29) is 18.0 Å². The maximum Gasteiger partial charge on any atom is 0.339 e. The van der Waals surface area contributed by atoms with E-state index in [2.05, 4.69) is 0 Å². The first-order valence-electron chi connectivity index (χ1n) is 9.40. The lowest BCUT2D eigenvalue weighted by molar-refractivity contribution is 0.0252. The highest BCUT2D eigenvalue weighted by Gasteiger charge is 2.28. The summed E-state index contributed by atoms with van der Waals surface area (Å²) in [7, 11) is 0. The number of carbonyl (C=O) groups is 2. The molecule has 1 fully saturated rings. The van der Waals surface area contributed by atoms with Crippen LogP contribution in [0.2, 0.25) is 0 Å². The number of cyclic esters (lactones) is 1. The minimum absolute atomic E-state index is 0.0740. The van der Waals surface area contributed by atoms with Crippen molar-refractivity contribution in [2.45, 2.75) is 38.2 Å². The third kappa shape index (κ3) is 3.36. The second kappa shape index (κ2) is 7.32. The molecule has 2 aliphatic rings. The average molecular weight is 349 g/mol. The van der Waals surface area contributed by atoms with Crippen molar-refractivity contribution in [2.24, 2.45) is 0 Å². The molecule has 2 aromatic rings. The van der Waals surface area contributed by atoms with Gasteiger partial charge in [-0.1, -0.05) is 43.2 Å². The number of nitrogens with zero attached hydrogens (tertiary/aromatic N) is 1. The molecule has 1 saturated heterocycles. The van der Waals surface area contributed by atoms with Crippen molar-refractivity contribution >= 4 is 11.9 Å². The molecule has 4 nitrogen and oxygen atoms in total. The maximum absolute atomic E-state index is 12.9. The first-order chi connectivity index (χ1) is 12.7. The van der Waals surface area contributed by atoms with Crippen LogP contribution < -0.4 is 0 Å². The quantitative estimate of drug-likeness (QED) is 0.765. The molecule has 0 unspecified atom stereocenters. The Kier molecular flexibility index (Phi) is 4.74. The van der Waals surface area contributed by atoms with Crippen LogP contribution >= 0.6 is 0 Å². The van der Waals surface area contributed by atoms with Crippen molar-refractivity contribution in [3.63, 3.8) is 0 Å². The maximum atomic E-state index is 12.9. The summed E-state index contributed by atoms with van der Waals surface area (Å²) in [6, 6.07) is 15.2. The Labute approximate surface area is 153 Å². The van der Waals surface area contributed by atoms with Crippen molar-refractivity contribution in [2.75, 3.05) is 13.1 Å². The lowest BCUT2D eigenvalue weighted by atomic mass is 9.93. The van der Waals surface area contributed by atoms with Crippen LogP contribution in [-0.2, 0) is 11.2 Å². The Balaban J connectivity index is 1.59. The minimum atomic E-state index is -0.311. The molecular weight excluding hydrogens is 326 g/mol. The number of amides is 1. The van der Waals surface area contributed by atoms with Crippen molar-refractivity contribution in [1.29, 1.82) is 0 Å². The molecule has 4 rings (SSSR count). The number of hydrogen-bond acceptors (Lipinski definition) is 3. The Morgan fingerprint density at radius 1 is 0.962 bits per heavy atom. The fraction of sp³-hybridized carbons (Fsp3) is 0.364. The predicted octanol–water partition coefficient (Wildman–Crippen LogP) is 4.16. The van der Waals surface area contributed by atoms with E-state index in [1.54, 1.807) is 12.1 Å². The van der Waals surface area contributed by atoms with Crippen LogP contribution in [0.5, 0.6) is 0 Å². The molecule has 0 bridgehead atoms. The van der Waals surface area contributed by atoms with Gasteiger partial charge in [-0.2, -0.15) is 0 Å². The lowest BCUT2D eigenvalue weighted by Gasteiger charge is -2.26. The van der Waals surface area contributed by atoms with E-state index in [1.165, 1.54) is 12.8 Å². The molecule has 4 heteroatoms. The van der Waals surface area contributed by atoms with Gasteiger partial charge >= 0.3 is 5.97 Å². The zero-order valence-corrected chi connectivity index (χ0v) is 14.8. The van der Waals surface area contributed by atoms with Crippen LogP contribution in [0.1, 0.15) is 63.6 Å². The summed E-state index contributed by atoms with van der Waals surface area (Å²) in [6.07, 6.45) is 4.83. The van der Waals surface area contributed by atoms with Gasteiger partial charge in [0.2, 0.25) is 0 Å². The number of ether oxygens (including phenoxy) is 1. The number of esters is 1. The van der Waals surface area contributed by atoms with E-state index >= 15 is 0 Å². The second-order valence-electron chi connectivity index (χ2n) is 7.09. The molecular formula is C22H23NO3. The highest BCUT2D eigenvalue weighted by molar-refractivity contribution is 5.97. The zero-order valence-electron chi connectivity index (χ0n) is 14.8. The first-order valence-corrected chi connectivity index (χ1v) is 9.40. The fourth-order valence-corrected chi connectivity index (χ4v) is 3.84. The molecule has 0 aliphatic carbocycles. The zero-order chi connectivity index (χ0) is 17.9. The third-order valence-corrected chi connectivity index (χ3v) is 5.29. The average Bonchev–Trinajstić information content (AvgIpc) is 2.97. The standard InChI is InChI=1S/C22H23NO3/c24-21(23-12-6-1-2-7-13-23)17-10-11-19-18(14-17)15-20(26-22(19)25)16-8-4-3-5-9-16/h3-5,8-11,14,20H,1-2,6-7,12-13,15H2/t20-/m0/s1.